The fraction of sp³-hybridized carbons (Fsp3) is 0.250. The molecule has 0 bridgehead atoms. The van der Waals surface area contributed by atoms with Crippen molar-refractivity contribution in [2.45, 2.75) is 18.9 Å². The summed E-state index contributed by atoms with van der Waals surface area (Å²) in [5, 5.41) is 0. The lowest BCUT2D eigenvalue weighted by molar-refractivity contribution is 0.407. The molecule has 1 unspecified atom stereocenters. The zero-order chi connectivity index (χ0) is 14.3. The molecule has 0 heterocycles. The lowest BCUT2D eigenvalue weighted by atomic mass is 9.95. The zero-order valence-electron chi connectivity index (χ0n) is 11.1. The quantitative estimate of drug-likeness (QED) is 0.909. The zero-order valence-corrected chi connectivity index (χ0v) is 11.1. The minimum atomic E-state index is -0.615. The highest BCUT2D eigenvalue weighted by molar-refractivity contribution is 5.71. The van der Waals surface area contributed by atoms with Gasteiger partial charge in [-0.15, -0.1) is 0 Å². The summed E-state index contributed by atoms with van der Waals surface area (Å²) in [4.78, 5) is 0. The molecule has 0 aromatic heterocycles. The minimum Gasteiger partial charge on any atom is -0.497 e. The lowest BCUT2D eigenvalue weighted by Gasteiger charge is -2.12. The van der Waals surface area contributed by atoms with Gasteiger partial charge >= 0.3 is 0 Å². The molecule has 1 aliphatic carbocycles. The van der Waals surface area contributed by atoms with Gasteiger partial charge < -0.3 is 10.5 Å². The Morgan fingerprint density at radius 2 is 1.90 bits per heavy atom. The molecule has 0 spiro atoms. The van der Waals surface area contributed by atoms with Gasteiger partial charge in [0.05, 0.1) is 12.7 Å². The molecular formula is C16H15F2NO. The van der Waals surface area contributed by atoms with E-state index in [1.54, 1.807) is 12.1 Å². The van der Waals surface area contributed by atoms with E-state index in [4.69, 9.17) is 10.5 Å². The predicted molar refractivity (Wildman–Crippen MR) is 73.6 cm³/mol. The molecule has 1 aliphatic rings. The van der Waals surface area contributed by atoms with Gasteiger partial charge in [-0.25, -0.2) is 8.78 Å². The molecule has 2 nitrogen and oxygen atoms in total. The molecule has 3 rings (SSSR count). The molecule has 1 atom stereocenters. The normalized spacial score (nSPS) is 17.1. The highest BCUT2D eigenvalue weighted by Gasteiger charge is 2.24. The molecule has 4 heteroatoms. The average molecular weight is 275 g/mol. The van der Waals surface area contributed by atoms with Gasteiger partial charge in [-0.1, -0.05) is 18.2 Å². The van der Waals surface area contributed by atoms with E-state index in [0.717, 1.165) is 24.0 Å². The van der Waals surface area contributed by atoms with E-state index in [2.05, 4.69) is 0 Å². The molecule has 0 fully saturated rings. The predicted octanol–water partition coefficient (Wildman–Crippen LogP) is 3.59. The largest absolute Gasteiger partial charge is 0.497 e. The van der Waals surface area contributed by atoms with Gasteiger partial charge in [0, 0.05) is 18.2 Å². The topological polar surface area (TPSA) is 35.2 Å². The van der Waals surface area contributed by atoms with Crippen molar-refractivity contribution < 1.29 is 13.5 Å². The first-order valence-electron chi connectivity index (χ1n) is 6.52. The molecule has 104 valence electrons. The Labute approximate surface area is 116 Å². The van der Waals surface area contributed by atoms with Crippen LogP contribution in [0.15, 0.2) is 30.3 Å². The van der Waals surface area contributed by atoms with Crippen molar-refractivity contribution in [3.8, 4) is 16.9 Å². The molecule has 20 heavy (non-hydrogen) atoms. The van der Waals surface area contributed by atoms with Gasteiger partial charge in [0.25, 0.3) is 0 Å². The number of hydrogen-bond donors (Lipinski definition) is 1. The van der Waals surface area contributed by atoms with Gasteiger partial charge in [-0.3, -0.25) is 0 Å². The number of rotatable bonds is 2. The van der Waals surface area contributed by atoms with E-state index in [-0.39, 0.29) is 17.4 Å². The smallest absolute Gasteiger partial charge is 0.137 e. The van der Waals surface area contributed by atoms with Crippen molar-refractivity contribution >= 4 is 0 Å². The van der Waals surface area contributed by atoms with Crippen molar-refractivity contribution in [2.75, 3.05) is 7.11 Å². The second-order valence-corrected chi connectivity index (χ2v) is 4.98. The lowest BCUT2D eigenvalue weighted by Crippen LogP contribution is -2.05. The third kappa shape index (κ3) is 1.96. The van der Waals surface area contributed by atoms with Crippen LogP contribution in [0.2, 0.25) is 0 Å². The van der Waals surface area contributed by atoms with Crippen LogP contribution >= 0.6 is 0 Å². The van der Waals surface area contributed by atoms with Gasteiger partial charge in [0.15, 0.2) is 0 Å². The Morgan fingerprint density at radius 3 is 2.55 bits per heavy atom. The second kappa shape index (κ2) is 4.87. The maximum atomic E-state index is 14.2. The molecule has 0 saturated heterocycles. The minimum absolute atomic E-state index is 0.00301. The van der Waals surface area contributed by atoms with Crippen LogP contribution in [0.3, 0.4) is 0 Å². The highest BCUT2D eigenvalue weighted by Crippen LogP contribution is 2.39. The summed E-state index contributed by atoms with van der Waals surface area (Å²) in [5.74, 6) is -1.06. The second-order valence-electron chi connectivity index (χ2n) is 4.98. The number of methoxy groups -OCH3 is 1. The summed E-state index contributed by atoms with van der Waals surface area (Å²) in [7, 11) is 1.38. The Morgan fingerprint density at radius 1 is 1.20 bits per heavy atom. The standard InChI is InChI=1S/C16H15F2NO/c1-20-9-7-13(17)16(14(18)8-9)12-4-2-3-11-10(12)5-6-15(11)19/h2-4,7-8,15H,5-6,19H2,1H3. The maximum absolute atomic E-state index is 14.2. The van der Waals surface area contributed by atoms with Crippen LogP contribution in [-0.4, -0.2) is 7.11 Å². The fourth-order valence-electron chi connectivity index (χ4n) is 2.85. The number of hydrogen-bond acceptors (Lipinski definition) is 2. The Bertz CT molecular complexity index is 647. The van der Waals surface area contributed by atoms with Crippen LogP contribution in [0.5, 0.6) is 5.75 Å². The van der Waals surface area contributed by atoms with Crippen molar-refractivity contribution in [1.29, 1.82) is 0 Å². The maximum Gasteiger partial charge on any atom is 0.137 e. The molecular weight excluding hydrogens is 260 g/mol. The van der Waals surface area contributed by atoms with Crippen LogP contribution in [0.25, 0.3) is 11.1 Å². The van der Waals surface area contributed by atoms with Crippen molar-refractivity contribution in [2.24, 2.45) is 5.73 Å². The van der Waals surface area contributed by atoms with Crippen molar-refractivity contribution in [1.82, 2.24) is 0 Å². The van der Waals surface area contributed by atoms with Gasteiger partial charge in [-0.05, 0) is 29.5 Å². The van der Waals surface area contributed by atoms with E-state index < -0.39 is 11.6 Å². The summed E-state index contributed by atoms with van der Waals surface area (Å²) in [6.45, 7) is 0. The molecule has 0 saturated carbocycles. The molecule has 0 radical (unpaired) electrons. The fourth-order valence-corrected chi connectivity index (χ4v) is 2.85. The first kappa shape index (κ1) is 13.1. The van der Waals surface area contributed by atoms with E-state index in [9.17, 15) is 8.78 Å². The van der Waals surface area contributed by atoms with Crippen molar-refractivity contribution in [3.05, 3.63) is 53.1 Å². The summed E-state index contributed by atoms with van der Waals surface area (Å²) in [6.07, 6.45) is 1.56. The average Bonchev–Trinajstić information content (AvgIpc) is 2.81. The van der Waals surface area contributed by atoms with E-state index in [0.29, 0.717) is 5.56 Å². The van der Waals surface area contributed by atoms with Gasteiger partial charge in [0.1, 0.15) is 17.4 Å². The molecule has 2 aromatic carbocycles. The Hall–Kier alpha value is -1.94. The number of nitrogens with two attached hydrogens (primary N) is 1. The molecule has 0 aliphatic heterocycles. The summed E-state index contributed by atoms with van der Waals surface area (Å²) in [6, 6.07) is 7.82. The van der Waals surface area contributed by atoms with E-state index in [1.807, 2.05) is 6.07 Å². The van der Waals surface area contributed by atoms with Crippen LogP contribution in [0, 0.1) is 11.6 Å². The van der Waals surface area contributed by atoms with Crippen LogP contribution in [-0.2, 0) is 6.42 Å². The highest BCUT2D eigenvalue weighted by atomic mass is 19.1. The first-order chi connectivity index (χ1) is 9.61. The summed E-state index contributed by atoms with van der Waals surface area (Å²) < 4.78 is 33.3. The number of ether oxygens (including phenoxy) is 1. The van der Waals surface area contributed by atoms with Crippen LogP contribution < -0.4 is 10.5 Å². The van der Waals surface area contributed by atoms with Crippen LogP contribution in [0.4, 0.5) is 8.78 Å². The summed E-state index contributed by atoms with van der Waals surface area (Å²) in [5.41, 5.74) is 8.53. The van der Waals surface area contributed by atoms with Crippen LogP contribution in [0.1, 0.15) is 23.6 Å². The third-order valence-corrected chi connectivity index (χ3v) is 3.84. The van der Waals surface area contributed by atoms with Gasteiger partial charge in [0.2, 0.25) is 0 Å². The Balaban J connectivity index is 2.20. The summed E-state index contributed by atoms with van der Waals surface area (Å²) >= 11 is 0. The first-order valence-corrected chi connectivity index (χ1v) is 6.52. The Kier molecular flexibility index (Phi) is 3.18. The monoisotopic (exact) mass is 275 g/mol. The van der Waals surface area contributed by atoms with Gasteiger partial charge in [-0.2, -0.15) is 0 Å². The number of halogens is 2. The van der Waals surface area contributed by atoms with E-state index in [1.165, 1.54) is 19.2 Å². The number of fused-ring (bicyclic) bond motifs is 1. The van der Waals surface area contributed by atoms with E-state index >= 15 is 0 Å². The van der Waals surface area contributed by atoms with Crippen molar-refractivity contribution in [3.63, 3.8) is 0 Å². The SMILES string of the molecule is COc1cc(F)c(-c2cccc3c2CCC3N)c(F)c1. The molecule has 0 amide bonds. The number of benzene rings is 2. The third-order valence-electron chi connectivity index (χ3n) is 3.84. The molecule has 2 N–H and O–H groups in total. The molecule has 2 aromatic rings.